The summed E-state index contributed by atoms with van der Waals surface area (Å²) in [6.45, 7) is 2.93. The number of rotatable bonds is 9. The molecule has 0 aliphatic carbocycles. The predicted molar refractivity (Wildman–Crippen MR) is 140 cm³/mol. The van der Waals surface area contributed by atoms with Gasteiger partial charge in [-0.3, -0.25) is 4.90 Å². The zero-order chi connectivity index (χ0) is 28.2. The average molecular weight is 538 g/mol. The molecule has 11 heteroatoms. The summed E-state index contributed by atoms with van der Waals surface area (Å²) in [5.41, 5.74) is 2.23. The number of aliphatic hydroxyl groups is 1. The van der Waals surface area contributed by atoms with E-state index >= 15 is 0 Å². The number of aryl methyl sites for hydroxylation is 1. The second kappa shape index (κ2) is 11.6. The molecule has 39 heavy (non-hydrogen) atoms. The molecule has 0 fully saturated rings. The van der Waals surface area contributed by atoms with Crippen LogP contribution in [0.3, 0.4) is 0 Å². The van der Waals surface area contributed by atoms with Crippen molar-refractivity contribution in [2.75, 3.05) is 13.2 Å². The Morgan fingerprint density at radius 1 is 1.33 bits per heavy atom. The number of amides is 1. The molecule has 0 bridgehead atoms. The van der Waals surface area contributed by atoms with Gasteiger partial charge in [0.2, 0.25) is 0 Å². The van der Waals surface area contributed by atoms with Crippen LogP contribution in [-0.2, 0) is 21.6 Å². The number of terminal acetylenes is 1. The zero-order valence-electron chi connectivity index (χ0n) is 21.8. The minimum absolute atomic E-state index is 0.145. The molecular weight excluding hydrogens is 508 g/mol. The number of ether oxygens (including phenoxy) is 2. The maximum Gasteiger partial charge on any atom is 0.410 e. The Morgan fingerprint density at radius 2 is 2.08 bits per heavy atom. The van der Waals surface area contributed by atoms with Crippen LogP contribution in [0.1, 0.15) is 44.9 Å². The largest absolute Gasteiger partial charge is 0.450 e. The first-order chi connectivity index (χ1) is 18.6. The molecule has 1 aromatic carbocycles. The molecule has 9 nitrogen and oxygen atoms in total. The summed E-state index contributed by atoms with van der Waals surface area (Å²) in [6.07, 6.45) is 13.0. The van der Waals surface area contributed by atoms with E-state index in [1.807, 2.05) is 24.1 Å². The second-order valence-electron chi connectivity index (χ2n) is 9.32. The fourth-order valence-corrected chi connectivity index (χ4v) is 4.36. The maximum absolute atomic E-state index is 12.9. The van der Waals surface area contributed by atoms with Gasteiger partial charge in [-0.2, -0.15) is 8.78 Å². The SMILES string of the molecule is C#C/C(=C\C=C/CN(C(=O)OCC)[C@@H]1CCn2c1nc1ccc(-c3cnc(C(C)(C)O)nc3)cc12)OC(F)F. The Balaban J connectivity index is 1.60. The third-order valence-electron chi connectivity index (χ3n) is 6.16. The first kappa shape index (κ1) is 27.7. The number of nitrogens with zero attached hydrogens (tertiary/aromatic N) is 5. The molecule has 1 N–H and O–H groups in total. The number of hydrogen-bond donors (Lipinski definition) is 1. The van der Waals surface area contributed by atoms with Crippen molar-refractivity contribution < 1.29 is 28.2 Å². The number of halogens is 2. The minimum Gasteiger partial charge on any atom is -0.450 e. The molecule has 2 aromatic heterocycles. The number of carbonyl (C=O) groups is 1. The van der Waals surface area contributed by atoms with Crippen LogP contribution in [-0.4, -0.2) is 55.4 Å². The quantitative estimate of drug-likeness (QED) is 0.234. The molecule has 0 unspecified atom stereocenters. The lowest BCUT2D eigenvalue weighted by atomic mass is 10.1. The van der Waals surface area contributed by atoms with Crippen molar-refractivity contribution in [3.05, 3.63) is 66.2 Å². The van der Waals surface area contributed by atoms with E-state index in [0.717, 1.165) is 28.0 Å². The summed E-state index contributed by atoms with van der Waals surface area (Å²) in [7, 11) is 0. The van der Waals surface area contributed by atoms with E-state index in [9.17, 15) is 18.7 Å². The number of hydrogen-bond acceptors (Lipinski definition) is 7. The van der Waals surface area contributed by atoms with E-state index in [1.54, 1.807) is 44.1 Å². The highest BCUT2D eigenvalue weighted by atomic mass is 19.3. The smallest absolute Gasteiger partial charge is 0.410 e. The summed E-state index contributed by atoms with van der Waals surface area (Å²) < 4.78 is 36.5. The number of imidazole rings is 1. The summed E-state index contributed by atoms with van der Waals surface area (Å²) in [4.78, 5) is 27.8. The molecule has 0 saturated heterocycles. The standard InChI is InChI=1S/C28H29F2N5O4/c1-5-20(39-26(29)30)9-7-8-13-35(27(36)38-6-2)22-12-14-34-23-15-18(10-11-21(23)33-24(22)34)19-16-31-25(32-17-19)28(3,4)37/h1,7-11,15-17,22,26,37H,6,12-14H2,2-4H3/b8-7-,20-9+/t22-/m1/s1. The van der Waals surface area contributed by atoms with Gasteiger partial charge in [0.1, 0.15) is 11.4 Å². The number of alkyl halides is 2. The van der Waals surface area contributed by atoms with Crippen LogP contribution in [0.4, 0.5) is 13.6 Å². The Hall–Kier alpha value is -4.30. The first-order valence-corrected chi connectivity index (χ1v) is 12.4. The molecule has 3 aromatic rings. The van der Waals surface area contributed by atoms with Crippen LogP contribution in [0, 0.1) is 12.3 Å². The minimum atomic E-state index is -3.02. The van der Waals surface area contributed by atoms with Gasteiger partial charge in [-0.05, 0) is 56.9 Å². The van der Waals surface area contributed by atoms with E-state index < -0.39 is 18.3 Å². The molecule has 0 saturated carbocycles. The molecular formula is C28H29F2N5O4. The molecule has 3 heterocycles. The van der Waals surface area contributed by atoms with Crippen molar-refractivity contribution in [2.45, 2.75) is 52.0 Å². The first-order valence-electron chi connectivity index (χ1n) is 12.4. The normalized spacial score (nSPS) is 15.5. The topological polar surface area (TPSA) is 103 Å². The summed E-state index contributed by atoms with van der Waals surface area (Å²) in [5.74, 6) is 2.78. The van der Waals surface area contributed by atoms with E-state index in [1.165, 1.54) is 12.2 Å². The van der Waals surface area contributed by atoms with Crippen molar-refractivity contribution in [2.24, 2.45) is 0 Å². The van der Waals surface area contributed by atoms with Crippen LogP contribution >= 0.6 is 0 Å². The lowest BCUT2D eigenvalue weighted by Gasteiger charge is -2.26. The maximum atomic E-state index is 12.9. The van der Waals surface area contributed by atoms with Gasteiger partial charge in [0.25, 0.3) is 0 Å². The summed E-state index contributed by atoms with van der Waals surface area (Å²) in [6, 6.07) is 5.47. The van der Waals surface area contributed by atoms with Crippen LogP contribution in [0.5, 0.6) is 0 Å². The van der Waals surface area contributed by atoms with Crippen molar-refractivity contribution in [3.8, 4) is 23.5 Å². The Morgan fingerprint density at radius 3 is 2.72 bits per heavy atom. The van der Waals surface area contributed by atoms with Crippen molar-refractivity contribution >= 4 is 17.1 Å². The lowest BCUT2D eigenvalue weighted by molar-refractivity contribution is -0.0908. The van der Waals surface area contributed by atoms with E-state index in [4.69, 9.17) is 16.1 Å². The highest BCUT2D eigenvalue weighted by Gasteiger charge is 2.34. The van der Waals surface area contributed by atoms with Crippen LogP contribution in [0.15, 0.2) is 54.6 Å². The molecule has 1 aliphatic heterocycles. The van der Waals surface area contributed by atoms with E-state index in [-0.39, 0.29) is 25.0 Å². The Labute approximate surface area is 224 Å². The molecule has 0 radical (unpaired) electrons. The predicted octanol–water partition coefficient (Wildman–Crippen LogP) is 4.94. The Bertz CT molecular complexity index is 1440. The zero-order valence-corrected chi connectivity index (χ0v) is 21.8. The Kier molecular flexibility index (Phi) is 8.26. The van der Waals surface area contributed by atoms with Gasteiger partial charge in [-0.25, -0.2) is 19.7 Å². The van der Waals surface area contributed by atoms with Gasteiger partial charge in [0, 0.05) is 31.0 Å². The lowest BCUT2D eigenvalue weighted by Crippen LogP contribution is -2.35. The van der Waals surface area contributed by atoms with Crippen molar-refractivity contribution in [1.82, 2.24) is 24.4 Å². The average Bonchev–Trinajstić information content (AvgIpc) is 3.46. The van der Waals surface area contributed by atoms with Gasteiger partial charge >= 0.3 is 12.7 Å². The highest BCUT2D eigenvalue weighted by molar-refractivity contribution is 5.83. The highest BCUT2D eigenvalue weighted by Crippen LogP contribution is 2.36. The summed E-state index contributed by atoms with van der Waals surface area (Å²) in [5, 5.41) is 10.1. The monoisotopic (exact) mass is 537 g/mol. The van der Waals surface area contributed by atoms with Crippen LogP contribution in [0.25, 0.3) is 22.2 Å². The van der Waals surface area contributed by atoms with Gasteiger partial charge in [0.15, 0.2) is 11.6 Å². The number of fused-ring (bicyclic) bond motifs is 3. The van der Waals surface area contributed by atoms with Crippen LogP contribution < -0.4 is 0 Å². The van der Waals surface area contributed by atoms with Gasteiger partial charge in [-0.15, -0.1) is 6.42 Å². The number of carbonyl (C=O) groups excluding carboxylic acids is 1. The third kappa shape index (κ3) is 6.23. The van der Waals surface area contributed by atoms with Crippen molar-refractivity contribution in [1.29, 1.82) is 0 Å². The fraction of sp³-hybridized carbons (Fsp3) is 0.357. The van der Waals surface area contributed by atoms with Gasteiger partial charge < -0.3 is 19.1 Å². The molecule has 4 rings (SSSR count). The van der Waals surface area contributed by atoms with Crippen molar-refractivity contribution in [3.63, 3.8) is 0 Å². The molecule has 1 atom stereocenters. The summed E-state index contributed by atoms with van der Waals surface area (Å²) >= 11 is 0. The van der Waals surface area contributed by atoms with E-state index in [0.29, 0.717) is 18.8 Å². The van der Waals surface area contributed by atoms with E-state index in [2.05, 4.69) is 19.3 Å². The number of aromatic nitrogens is 4. The third-order valence-corrected chi connectivity index (χ3v) is 6.16. The number of benzene rings is 1. The van der Waals surface area contributed by atoms with Gasteiger partial charge in [0.05, 0.1) is 23.7 Å². The molecule has 204 valence electrons. The fourth-order valence-electron chi connectivity index (χ4n) is 4.36. The van der Waals surface area contributed by atoms with Gasteiger partial charge in [-0.1, -0.05) is 18.2 Å². The second-order valence-corrected chi connectivity index (χ2v) is 9.32. The number of allylic oxidation sites excluding steroid dienone is 3. The van der Waals surface area contributed by atoms with Crippen LogP contribution in [0.2, 0.25) is 0 Å². The molecule has 1 amide bonds. The molecule has 1 aliphatic rings. The molecule has 0 spiro atoms.